The van der Waals surface area contributed by atoms with Crippen LogP contribution in [0.2, 0.25) is 5.15 Å². The molecule has 0 fully saturated rings. The first-order valence-electron chi connectivity index (χ1n) is 6.96. The van der Waals surface area contributed by atoms with Crippen molar-refractivity contribution in [3.63, 3.8) is 0 Å². The van der Waals surface area contributed by atoms with Crippen LogP contribution in [-0.2, 0) is 11.8 Å². The fourth-order valence-corrected chi connectivity index (χ4v) is 3.35. The lowest BCUT2D eigenvalue weighted by molar-refractivity contribution is 0.559. The van der Waals surface area contributed by atoms with Crippen LogP contribution in [0.25, 0.3) is 0 Å². The fourth-order valence-electron chi connectivity index (χ4n) is 2.39. The molecule has 0 radical (unpaired) electrons. The predicted molar refractivity (Wildman–Crippen MR) is 92.2 cm³/mol. The van der Waals surface area contributed by atoms with Crippen molar-refractivity contribution in [1.82, 2.24) is 9.97 Å². The maximum Gasteiger partial charge on any atom is 0.147 e. The topological polar surface area (TPSA) is 25.8 Å². The largest absolute Gasteiger partial charge is 0.236 e. The number of rotatable bonds is 2. The number of hydrogen-bond donors (Lipinski definition) is 0. The standard InChI is InChI=1S/C17H20BrClN2/c1-10-6-11(2)8-12(7-10)9-13-20-15(17(3,4)5)14(18)16(19)21-13/h6-8H,9H2,1-5H3. The average molecular weight is 368 g/mol. The van der Waals surface area contributed by atoms with Crippen LogP contribution in [0.15, 0.2) is 22.7 Å². The van der Waals surface area contributed by atoms with E-state index < -0.39 is 0 Å². The van der Waals surface area contributed by atoms with Gasteiger partial charge in [0, 0.05) is 11.8 Å². The average Bonchev–Trinajstić information content (AvgIpc) is 2.30. The molecule has 0 atom stereocenters. The summed E-state index contributed by atoms with van der Waals surface area (Å²) in [6.45, 7) is 10.6. The maximum absolute atomic E-state index is 6.26. The van der Waals surface area contributed by atoms with E-state index in [9.17, 15) is 0 Å². The minimum Gasteiger partial charge on any atom is -0.236 e. The molecule has 0 aliphatic heterocycles. The first kappa shape index (κ1) is 16.4. The molecule has 0 spiro atoms. The quantitative estimate of drug-likeness (QED) is 0.664. The van der Waals surface area contributed by atoms with E-state index in [2.05, 4.69) is 73.7 Å². The van der Waals surface area contributed by atoms with Crippen molar-refractivity contribution in [2.24, 2.45) is 0 Å². The molecular weight excluding hydrogens is 348 g/mol. The normalized spacial score (nSPS) is 11.8. The first-order chi connectivity index (χ1) is 9.66. The zero-order valence-corrected chi connectivity index (χ0v) is 15.4. The van der Waals surface area contributed by atoms with Gasteiger partial charge in [-0.3, -0.25) is 0 Å². The van der Waals surface area contributed by atoms with Gasteiger partial charge in [0.2, 0.25) is 0 Å². The van der Waals surface area contributed by atoms with Crippen LogP contribution in [0.5, 0.6) is 0 Å². The smallest absolute Gasteiger partial charge is 0.147 e. The number of halogens is 2. The zero-order valence-electron chi connectivity index (χ0n) is 13.1. The van der Waals surface area contributed by atoms with Gasteiger partial charge in [-0.05, 0) is 35.3 Å². The summed E-state index contributed by atoms with van der Waals surface area (Å²) in [5.74, 6) is 0.762. The summed E-state index contributed by atoms with van der Waals surface area (Å²) < 4.78 is 0.792. The van der Waals surface area contributed by atoms with Crippen molar-refractivity contribution in [2.45, 2.75) is 46.5 Å². The molecular formula is C17H20BrClN2. The summed E-state index contributed by atoms with van der Waals surface area (Å²) in [5, 5.41) is 0.481. The highest BCUT2D eigenvalue weighted by Gasteiger charge is 2.22. The van der Waals surface area contributed by atoms with E-state index in [-0.39, 0.29) is 5.41 Å². The third-order valence-corrected chi connectivity index (χ3v) is 4.46. The summed E-state index contributed by atoms with van der Waals surface area (Å²) in [5.41, 5.74) is 4.59. The van der Waals surface area contributed by atoms with E-state index in [0.29, 0.717) is 11.6 Å². The van der Waals surface area contributed by atoms with Crippen LogP contribution < -0.4 is 0 Å². The minimum atomic E-state index is -0.0807. The van der Waals surface area contributed by atoms with Gasteiger partial charge in [0.05, 0.1) is 10.2 Å². The Kier molecular flexibility index (Phi) is 4.74. The second-order valence-corrected chi connectivity index (χ2v) is 7.67. The molecule has 2 rings (SSSR count). The molecule has 4 heteroatoms. The molecule has 112 valence electrons. The molecule has 0 bridgehead atoms. The molecule has 0 N–H and O–H groups in total. The molecule has 0 saturated carbocycles. The van der Waals surface area contributed by atoms with Crippen molar-refractivity contribution >= 4 is 27.5 Å². The highest BCUT2D eigenvalue weighted by atomic mass is 79.9. The molecule has 0 saturated heterocycles. The Morgan fingerprint density at radius 3 is 2.14 bits per heavy atom. The molecule has 2 aromatic rings. The van der Waals surface area contributed by atoms with E-state index in [1.54, 1.807) is 0 Å². The van der Waals surface area contributed by atoms with Crippen LogP contribution in [0.1, 0.15) is 49.0 Å². The van der Waals surface area contributed by atoms with Crippen molar-refractivity contribution in [2.75, 3.05) is 0 Å². The second kappa shape index (κ2) is 6.05. The molecule has 0 unspecified atom stereocenters. The molecule has 1 aromatic heterocycles. The van der Waals surface area contributed by atoms with Crippen LogP contribution in [0, 0.1) is 13.8 Å². The molecule has 0 amide bonds. The summed E-state index contributed by atoms with van der Waals surface area (Å²) in [6, 6.07) is 6.51. The summed E-state index contributed by atoms with van der Waals surface area (Å²) in [4.78, 5) is 9.13. The van der Waals surface area contributed by atoms with E-state index in [0.717, 1.165) is 16.0 Å². The van der Waals surface area contributed by atoms with Crippen molar-refractivity contribution in [1.29, 1.82) is 0 Å². The Labute approximate surface area is 140 Å². The summed E-state index contributed by atoms with van der Waals surface area (Å²) in [6.07, 6.45) is 0.693. The third kappa shape index (κ3) is 4.04. The van der Waals surface area contributed by atoms with Gasteiger partial charge in [0.25, 0.3) is 0 Å². The SMILES string of the molecule is Cc1cc(C)cc(Cc2nc(Cl)c(Br)c(C(C)(C)C)n2)c1. The molecule has 0 aliphatic rings. The van der Waals surface area contributed by atoms with Crippen LogP contribution in [0.4, 0.5) is 0 Å². The van der Waals surface area contributed by atoms with Crippen LogP contribution >= 0.6 is 27.5 Å². The van der Waals surface area contributed by atoms with Gasteiger partial charge in [-0.1, -0.05) is 61.7 Å². The van der Waals surface area contributed by atoms with Gasteiger partial charge in [-0.2, -0.15) is 0 Å². The van der Waals surface area contributed by atoms with Crippen LogP contribution in [0.3, 0.4) is 0 Å². The molecule has 1 heterocycles. The maximum atomic E-state index is 6.26. The fraction of sp³-hybridized carbons (Fsp3) is 0.412. The minimum absolute atomic E-state index is 0.0807. The van der Waals surface area contributed by atoms with Crippen molar-refractivity contribution in [3.8, 4) is 0 Å². The van der Waals surface area contributed by atoms with Gasteiger partial charge < -0.3 is 0 Å². The predicted octanol–water partition coefficient (Wildman–Crippen LogP) is 5.40. The van der Waals surface area contributed by atoms with Gasteiger partial charge in [-0.15, -0.1) is 0 Å². The van der Waals surface area contributed by atoms with Crippen molar-refractivity contribution in [3.05, 3.63) is 56.0 Å². The van der Waals surface area contributed by atoms with Crippen molar-refractivity contribution < 1.29 is 0 Å². The van der Waals surface area contributed by atoms with E-state index in [1.807, 2.05) is 0 Å². The number of hydrogen-bond acceptors (Lipinski definition) is 2. The number of aryl methyl sites for hydroxylation is 2. The molecule has 1 aromatic carbocycles. The van der Waals surface area contributed by atoms with Gasteiger partial charge in [-0.25, -0.2) is 9.97 Å². The summed E-state index contributed by atoms with van der Waals surface area (Å²) in [7, 11) is 0. The second-order valence-electron chi connectivity index (χ2n) is 6.52. The van der Waals surface area contributed by atoms with E-state index >= 15 is 0 Å². The lowest BCUT2D eigenvalue weighted by Crippen LogP contribution is -2.17. The lowest BCUT2D eigenvalue weighted by Gasteiger charge is -2.20. The van der Waals surface area contributed by atoms with E-state index in [1.165, 1.54) is 16.7 Å². The number of aromatic nitrogens is 2. The first-order valence-corrected chi connectivity index (χ1v) is 8.13. The third-order valence-electron chi connectivity index (χ3n) is 3.21. The Morgan fingerprint density at radius 2 is 1.62 bits per heavy atom. The van der Waals surface area contributed by atoms with Gasteiger partial charge >= 0.3 is 0 Å². The zero-order chi connectivity index (χ0) is 15.8. The Morgan fingerprint density at radius 1 is 1.05 bits per heavy atom. The Balaban J connectivity index is 2.43. The molecule has 0 aliphatic carbocycles. The Hall–Kier alpha value is -0.930. The van der Waals surface area contributed by atoms with Gasteiger partial charge in [0.1, 0.15) is 11.0 Å². The Bertz CT molecular complexity index is 655. The highest BCUT2D eigenvalue weighted by Crippen LogP contribution is 2.32. The number of nitrogens with zero attached hydrogens (tertiary/aromatic N) is 2. The van der Waals surface area contributed by atoms with E-state index in [4.69, 9.17) is 16.6 Å². The summed E-state index contributed by atoms with van der Waals surface area (Å²) >= 11 is 9.76. The van der Waals surface area contributed by atoms with Gasteiger partial charge in [0.15, 0.2) is 0 Å². The van der Waals surface area contributed by atoms with Crippen LogP contribution in [-0.4, -0.2) is 9.97 Å². The lowest BCUT2D eigenvalue weighted by atomic mass is 9.92. The number of benzene rings is 1. The molecule has 2 nitrogen and oxygen atoms in total. The monoisotopic (exact) mass is 366 g/mol. The molecule has 21 heavy (non-hydrogen) atoms. The highest BCUT2D eigenvalue weighted by molar-refractivity contribution is 9.10.